The molecule has 1 N–H and O–H groups in total. The van der Waals surface area contributed by atoms with E-state index in [0.29, 0.717) is 25.5 Å². The third kappa shape index (κ3) is 3.83. The van der Waals surface area contributed by atoms with Crippen molar-refractivity contribution >= 4 is 17.2 Å². The van der Waals surface area contributed by atoms with Gasteiger partial charge in [0.25, 0.3) is 0 Å². The second-order valence-corrected chi connectivity index (χ2v) is 5.80. The molecule has 3 rings (SSSR count). The molecule has 21 heavy (non-hydrogen) atoms. The number of hydrogen-bond donors (Lipinski definition) is 1. The van der Waals surface area contributed by atoms with Crippen LogP contribution in [0.25, 0.3) is 10.7 Å². The summed E-state index contributed by atoms with van der Waals surface area (Å²) in [6.45, 7) is 1.91. The minimum absolute atomic E-state index is 0.0551. The fourth-order valence-corrected chi connectivity index (χ4v) is 2.96. The normalized spacial score (nSPS) is 17.8. The molecule has 0 unspecified atom stereocenters. The van der Waals surface area contributed by atoms with E-state index in [9.17, 15) is 4.79 Å². The van der Waals surface area contributed by atoms with Crippen molar-refractivity contribution in [3.63, 3.8) is 0 Å². The highest BCUT2D eigenvalue weighted by atomic mass is 32.1. The van der Waals surface area contributed by atoms with E-state index in [-0.39, 0.29) is 5.91 Å². The lowest BCUT2D eigenvalue weighted by Gasteiger charge is -2.07. The summed E-state index contributed by atoms with van der Waals surface area (Å²) in [5.74, 6) is 0.412. The Morgan fingerprint density at radius 1 is 1.48 bits per heavy atom. The van der Waals surface area contributed by atoms with Crippen LogP contribution >= 0.6 is 11.3 Å². The van der Waals surface area contributed by atoms with Crippen molar-refractivity contribution in [3.8, 4) is 10.7 Å². The van der Waals surface area contributed by atoms with Crippen molar-refractivity contribution < 1.29 is 9.53 Å². The Hall–Kier alpha value is -1.86. The molecule has 1 aliphatic heterocycles. The SMILES string of the molecule is O=C(C[C@@H]1CCOC1)NCc1csc(-c2cnccn2)n1. The maximum atomic E-state index is 11.8. The molecule has 7 heteroatoms. The molecule has 0 aromatic carbocycles. The van der Waals surface area contributed by atoms with Crippen LogP contribution in [0.4, 0.5) is 0 Å². The van der Waals surface area contributed by atoms with Crippen LogP contribution in [0.2, 0.25) is 0 Å². The first-order valence-corrected chi connectivity index (χ1v) is 7.74. The molecule has 1 atom stereocenters. The van der Waals surface area contributed by atoms with Crippen LogP contribution in [-0.4, -0.2) is 34.1 Å². The highest BCUT2D eigenvalue weighted by Crippen LogP contribution is 2.20. The standard InChI is InChI=1S/C14H16N4O2S/c19-13(5-10-1-4-20-8-10)17-6-11-9-21-14(18-11)12-7-15-2-3-16-12/h2-3,7,9-10H,1,4-6,8H2,(H,17,19)/t10-/m0/s1. The Balaban J connectivity index is 1.51. The molecule has 1 saturated heterocycles. The zero-order valence-corrected chi connectivity index (χ0v) is 12.3. The lowest BCUT2D eigenvalue weighted by molar-refractivity contribution is -0.122. The van der Waals surface area contributed by atoms with Crippen LogP contribution in [0.15, 0.2) is 24.0 Å². The second kappa shape index (κ2) is 6.73. The molecule has 0 radical (unpaired) electrons. The Morgan fingerprint density at radius 2 is 2.43 bits per heavy atom. The summed E-state index contributed by atoms with van der Waals surface area (Å²) >= 11 is 1.50. The fraction of sp³-hybridized carbons (Fsp3) is 0.429. The Kier molecular flexibility index (Phi) is 4.52. The molecular formula is C14H16N4O2S. The Labute approximate surface area is 126 Å². The van der Waals surface area contributed by atoms with E-state index in [2.05, 4.69) is 20.3 Å². The molecule has 1 amide bonds. The number of amides is 1. The molecule has 1 fully saturated rings. The lowest BCUT2D eigenvalue weighted by atomic mass is 10.1. The maximum absolute atomic E-state index is 11.8. The van der Waals surface area contributed by atoms with Crippen LogP contribution in [-0.2, 0) is 16.1 Å². The summed E-state index contributed by atoms with van der Waals surface area (Å²) in [4.78, 5) is 24.5. The summed E-state index contributed by atoms with van der Waals surface area (Å²) < 4.78 is 5.27. The van der Waals surface area contributed by atoms with Crippen LogP contribution in [0, 0.1) is 5.92 Å². The second-order valence-electron chi connectivity index (χ2n) is 4.95. The summed E-state index contributed by atoms with van der Waals surface area (Å²) in [7, 11) is 0. The fourth-order valence-electron chi connectivity index (χ4n) is 2.18. The summed E-state index contributed by atoms with van der Waals surface area (Å²) in [5, 5.41) is 5.65. The molecule has 0 saturated carbocycles. The van der Waals surface area contributed by atoms with Crippen molar-refractivity contribution in [2.24, 2.45) is 5.92 Å². The van der Waals surface area contributed by atoms with E-state index < -0.39 is 0 Å². The number of nitrogens with zero attached hydrogens (tertiary/aromatic N) is 3. The third-order valence-electron chi connectivity index (χ3n) is 3.30. The van der Waals surface area contributed by atoms with Gasteiger partial charge in [0.2, 0.25) is 5.91 Å². The first-order valence-electron chi connectivity index (χ1n) is 6.86. The van der Waals surface area contributed by atoms with E-state index >= 15 is 0 Å². The zero-order valence-electron chi connectivity index (χ0n) is 11.5. The van der Waals surface area contributed by atoms with Gasteiger partial charge in [-0.3, -0.25) is 14.8 Å². The quantitative estimate of drug-likeness (QED) is 0.908. The van der Waals surface area contributed by atoms with E-state index in [1.54, 1.807) is 18.6 Å². The molecule has 2 aromatic rings. The summed E-state index contributed by atoms with van der Waals surface area (Å²) in [6.07, 6.45) is 6.45. The van der Waals surface area contributed by atoms with E-state index in [1.807, 2.05) is 5.38 Å². The van der Waals surface area contributed by atoms with Gasteiger partial charge >= 0.3 is 0 Å². The molecule has 2 aromatic heterocycles. The zero-order chi connectivity index (χ0) is 14.5. The Bertz CT molecular complexity index is 596. The molecule has 0 bridgehead atoms. The largest absolute Gasteiger partial charge is 0.381 e. The molecular weight excluding hydrogens is 288 g/mol. The molecule has 0 aliphatic carbocycles. The van der Waals surface area contributed by atoms with Crippen LogP contribution in [0.1, 0.15) is 18.5 Å². The van der Waals surface area contributed by atoms with Gasteiger partial charge in [-0.15, -0.1) is 11.3 Å². The van der Waals surface area contributed by atoms with Crippen molar-refractivity contribution in [1.29, 1.82) is 0 Å². The summed E-state index contributed by atoms with van der Waals surface area (Å²) in [6, 6.07) is 0. The lowest BCUT2D eigenvalue weighted by Crippen LogP contribution is -2.25. The van der Waals surface area contributed by atoms with Gasteiger partial charge in [-0.05, 0) is 12.3 Å². The summed E-state index contributed by atoms with van der Waals surface area (Å²) in [5.41, 5.74) is 1.60. The van der Waals surface area contributed by atoms with Crippen LogP contribution < -0.4 is 5.32 Å². The highest BCUT2D eigenvalue weighted by Gasteiger charge is 2.19. The van der Waals surface area contributed by atoms with Crippen molar-refractivity contribution in [2.75, 3.05) is 13.2 Å². The van der Waals surface area contributed by atoms with Gasteiger partial charge in [0.05, 0.1) is 18.4 Å². The number of nitrogens with one attached hydrogen (secondary N) is 1. The van der Waals surface area contributed by atoms with Gasteiger partial charge in [-0.2, -0.15) is 0 Å². The molecule has 6 nitrogen and oxygen atoms in total. The molecule has 110 valence electrons. The predicted octanol–water partition coefficient (Wildman–Crippen LogP) is 1.64. The Morgan fingerprint density at radius 3 is 3.19 bits per heavy atom. The smallest absolute Gasteiger partial charge is 0.220 e. The van der Waals surface area contributed by atoms with E-state index in [4.69, 9.17) is 4.74 Å². The van der Waals surface area contributed by atoms with Gasteiger partial charge in [0, 0.05) is 37.4 Å². The predicted molar refractivity (Wildman–Crippen MR) is 78.5 cm³/mol. The number of carbonyl (C=O) groups excluding carboxylic acids is 1. The number of carbonyl (C=O) groups is 1. The molecule has 0 spiro atoms. The number of rotatable bonds is 5. The van der Waals surface area contributed by atoms with Crippen molar-refractivity contribution in [1.82, 2.24) is 20.3 Å². The third-order valence-corrected chi connectivity index (χ3v) is 4.21. The monoisotopic (exact) mass is 304 g/mol. The minimum atomic E-state index is 0.0551. The minimum Gasteiger partial charge on any atom is -0.381 e. The topological polar surface area (TPSA) is 77.0 Å². The maximum Gasteiger partial charge on any atom is 0.220 e. The first kappa shape index (κ1) is 14.1. The van der Waals surface area contributed by atoms with E-state index in [0.717, 1.165) is 29.4 Å². The number of aromatic nitrogens is 3. The van der Waals surface area contributed by atoms with Gasteiger partial charge in [0.15, 0.2) is 0 Å². The number of ether oxygens (including phenoxy) is 1. The first-order chi connectivity index (χ1) is 10.3. The average molecular weight is 304 g/mol. The number of thiazole rings is 1. The number of hydrogen-bond acceptors (Lipinski definition) is 6. The highest BCUT2D eigenvalue weighted by molar-refractivity contribution is 7.13. The van der Waals surface area contributed by atoms with Crippen molar-refractivity contribution in [3.05, 3.63) is 29.7 Å². The van der Waals surface area contributed by atoms with E-state index in [1.165, 1.54) is 11.3 Å². The van der Waals surface area contributed by atoms with Gasteiger partial charge in [0.1, 0.15) is 10.7 Å². The average Bonchev–Trinajstić information content (AvgIpc) is 3.17. The molecule has 3 heterocycles. The van der Waals surface area contributed by atoms with Gasteiger partial charge < -0.3 is 10.1 Å². The van der Waals surface area contributed by atoms with Crippen LogP contribution in [0.5, 0.6) is 0 Å². The van der Waals surface area contributed by atoms with Crippen LogP contribution in [0.3, 0.4) is 0 Å². The van der Waals surface area contributed by atoms with Gasteiger partial charge in [-0.25, -0.2) is 4.98 Å². The van der Waals surface area contributed by atoms with Gasteiger partial charge in [-0.1, -0.05) is 0 Å². The molecule has 1 aliphatic rings. The van der Waals surface area contributed by atoms with Crippen molar-refractivity contribution in [2.45, 2.75) is 19.4 Å².